The van der Waals surface area contributed by atoms with E-state index >= 15 is 0 Å². The first kappa shape index (κ1) is 24.5. The van der Waals surface area contributed by atoms with Crippen molar-refractivity contribution in [1.82, 2.24) is 0 Å². The number of aryl methyl sites for hydroxylation is 3. The van der Waals surface area contributed by atoms with Gasteiger partial charge in [-0.05, 0) is 73.4 Å². The van der Waals surface area contributed by atoms with Crippen LogP contribution in [0.4, 0.5) is 0 Å². The van der Waals surface area contributed by atoms with E-state index in [1.807, 2.05) is 0 Å². The Hall–Kier alpha value is -2.16. The number of hydrogen-bond donors (Lipinski definition) is 0. The molecule has 4 aromatic carbocycles. The lowest BCUT2D eigenvalue weighted by Crippen LogP contribution is -3.00. The molecule has 3 heteroatoms. The lowest BCUT2D eigenvalue weighted by atomic mass is 10.2. The molecule has 0 N–H and O–H groups in total. The highest BCUT2D eigenvalue weighted by Crippen LogP contribution is 2.60. The van der Waals surface area contributed by atoms with E-state index in [1.54, 1.807) is 7.11 Å². The highest BCUT2D eigenvalue weighted by molar-refractivity contribution is 7.95. The van der Waals surface area contributed by atoms with Gasteiger partial charge in [0, 0.05) is 0 Å². The van der Waals surface area contributed by atoms with Crippen LogP contribution in [0, 0.1) is 20.8 Å². The zero-order chi connectivity index (χ0) is 21.8. The highest BCUT2D eigenvalue weighted by atomic mass is 127. The van der Waals surface area contributed by atoms with Crippen molar-refractivity contribution in [3.8, 4) is 5.75 Å². The second-order valence-corrected chi connectivity index (χ2v) is 11.6. The molecule has 0 saturated heterocycles. The number of ether oxygens (including phenoxy) is 1. The van der Waals surface area contributed by atoms with Crippen LogP contribution in [0.2, 0.25) is 0 Å². The van der Waals surface area contributed by atoms with Crippen molar-refractivity contribution in [2.45, 2.75) is 26.9 Å². The fraction of sp³-hybridized carbons (Fsp3) is 0.172. The number of benzene rings is 4. The average Bonchev–Trinajstić information content (AvgIpc) is 2.79. The molecule has 32 heavy (non-hydrogen) atoms. The maximum absolute atomic E-state index is 5.42. The van der Waals surface area contributed by atoms with Gasteiger partial charge in [-0.15, -0.1) is 0 Å². The van der Waals surface area contributed by atoms with Gasteiger partial charge < -0.3 is 28.7 Å². The molecule has 0 spiro atoms. The molecule has 164 valence electrons. The fourth-order valence-electron chi connectivity index (χ4n) is 4.62. The first-order chi connectivity index (χ1) is 15.1. The average molecular weight is 552 g/mol. The first-order valence-corrected chi connectivity index (χ1v) is 12.7. The van der Waals surface area contributed by atoms with Gasteiger partial charge in [0.25, 0.3) is 0 Å². The van der Waals surface area contributed by atoms with E-state index in [4.69, 9.17) is 4.74 Å². The van der Waals surface area contributed by atoms with Gasteiger partial charge in [-0.3, -0.25) is 0 Å². The zero-order valence-electron chi connectivity index (χ0n) is 19.2. The van der Waals surface area contributed by atoms with Crippen molar-refractivity contribution < 1.29 is 28.7 Å². The maximum Gasteiger partial charge on any atom is 0.118 e. The van der Waals surface area contributed by atoms with Gasteiger partial charge in [0.05, 0.1) is 13.3 Å². The maximum atomic E-state index is 5.42. The minimum Gasteiger partial charge on any atom is -1.00 e. The summed E-state index contributed by atoms with van der Waals surface area (Å²) in [6.07, 6.45) is 0.984. The Kier molecular flexibility index (Phi) is 8.14. The molecule has 0 saturated carbocycles. The second-order valence-electron chi connectivity index (χ2n) is 8.18. The van der Waals surface area contributed by atoms with Crippen LogP contribution >= 0.6 is 7.26 Å². The van der Waals surface area contributed by atoms with Crippen LogP contribution in [0.25, 0.3) is 0 Å². The summed E-state index contributed by atoms with van der Waals surface area (Å²) >= 11 is 0. The first-order valence-electron chi connectivity index (χ1n) is 10.8. The van der Waals surface area contributed by atoms with Crippen molar-refractivity contribution in [2.75, 3.05) is 7.11 Å². The molecule has 0 fully saturated rings. The molecular weight excluding hydrogens is 522 g/mol. The smallest absolute Gasteiger partial charge is 0.118 e. The van der Waals surface area contributed by atoms with Crippen molar-refractivity contribution in [1.29, 1.82) is 0 Å². The largest absolute Gasteiger partial charge is 1.00 e. The molecule has 0 aliphatic rings. The van der Waals surface area contributed by atoms with Crippen LogP contribution in [-0.4, -0.2) is 7.11 Å². The molecule has 0 atom stereocenters. The monoisotopic (exact) mass is 552 g/mol. The van der Waals surface area contributed by atoms with Crippen molar-refractivity contribution in [3.05, 3.63) is 119 Å². The summed E-state index contributed by atoms with van der Waals surface area (Å²) in [5, 5.41) is 4.40. The van der Waals surface area contributed by atoms with E-state index in [1.165, 1.54) is 38.2 Å². The molecule has 0 aromatic heterocycles. The number of methoxy groups -OCH3 is 1. The molecule has 0 unspecified atom stereocenters. The Labute approximate surface area is 210 Å². The van der Waals surface area contributed by atoms with Gasteiger partial charge in [-0.2, -0.15) is 0 Å². The molecule has 0 aliphatic heterocycles. The predicted octanol–water partition coefficient (Wildman–Crippen LogP) is 3.12. The Balaban J connectivity index is 0.00000289. The third-order valence-electron chi connectivity index (χ3n) is 6.16. The van der Waals surface area contributed by atoms with Gasteiger partial charge in [-0.1, -0.05) is 66.7 Å². The van der Waals surface area contributed by atoms with Gasteiger partial charge >= 0.3 is 0 Å². The van der Waals surface area contributed by atoms with Crippen molar-refractivity contribution in [2.24, 2.45) is 0 Å². The summed E-state index contributed by atoms with van der Waals surface area (Å²) in [6, 6.07) is 35.5. The summed E-state index contributed by atoms with van der Waals surface area (Å²) in [4.78, 5) is 0. The van der Waals surface area contributed by atoms with Gasteiger partial charge in [0.15, 0.2) is 0 Å². The quantitative estimate of drug-likeness (QED) is 0.264. The van der Waals surface area contributed by atoms with Crippen molar-refractivity contribution >= 4 is 23.2 Å². The topological polar surface area (TPSA) is 9.23 Å². The van der Waals surface area contributed by atoms with E-state index in [0.717, 1.165) is 11.9 Å². The summed E-state index contributed by atoms with van der Waals surface area (Å²) in [5.74, 6) is 0.898. The van der Waals surface area contributed by atoms with Gasteiger partial charge in [0.1, 0.15) is 28.9 Å². The van der Waals surface area contributed by atoms with E-state index < -0.39 is 7.26 Å². The third kappa shape index (κ3) is 4.63. The van der Waals surface area contributed by atoms with E-state index in [-0.39, 0.29) is 24.0 Å². The molecule has 0 bridgehead atoms. The molecule has 0 radical (unpaired) electrons. The fourth-order valence-corrected chi connectivity index (χ4v) is 9.72. The van der Waals surface area contributed by atoms with Crippen LogP contribution in [0.3, 0.4) is 0 Å². The van der Waals surface area contributed by atoms with Crippen LogP contribution in [0.15, 0.2) is 97.1 Å². The standard InChI is InChI=1S/C29H30OP.HI/c1-22-11-5-8-14-27(22)31(28-15-9-6-12-23(28)2,29-16-10-7-13-24(29)3)21-25-17-19-26(30-4)20-18-25;/h5-20H,21H2,1-4H3;1H/q+1;/p-1. The molecule has 0 aliphatic carbocycles. The van der Waals surface area contributed by atoms with E-state index in [2.05, 4.69) is 118 Å². The second kappa shape index (κ2) is 10.6. The molecular formula is C29H30IOP. The lowest BCUT2D eigenvalue weighted by Gasteiger charge is -2.31. The van der Waals surface area contributed by atoms with Crippen LogP contribution in [-0.2, 0) is 6.16 Å². The lowest BCUT2D eigenvalue weighted by molar-refractivity contribution is -0.00000663. The van der Waals surface area contributed by atoms with Gasteiger partial charge in [0.2, 0.25) is 0 Å². The molecule has 0 amide bonds. The normalized spacial score (nSPS) is 11.0. The summed E-state index contributed by atoms with van der Waals surface area (Å²) < 4.78 is 5.42. The highest BCUT2D eigenvalue weighted by Gasteiger charge is 2.48. The van der Waals surface area contributed by atoms with Crippen molar-refractivity contribution in [3.63, 3.8) is 0 Å². The zero-order valence-corrected chi connectivity index (χ0v) is 22.2. The Morgan fingerprint density at radius 3 is 1.28 bits per heavy atom. The number of halogens is 1. The Bertz CT molecular complexity index is 1070. The molecule has 0 heterocycles. The summed E-state index contributed by atoms with van der Waals surface area (Å²) in [6.45, 7) is 6.78. The number of rotatable bonds is 6. The van der Waals surface area contributed by atoms with Crippen LogP contribution < -0.4 is 44.6 Å². The van der Waals surface area contributed by atoms with E-state index in [0.29, 0.717) is 0 Å². The third-order valence-corrected chi connectivity index (χ3v) is 11.0. The summed E-state index contributed by atoms with van der Waals surface area (Å²) in [7, 11) is -0.230. The minimum absolute atomic E-state index is 0. The molecule has 1 nitrogen and oxygen atoms in total. The number of hydrogen-bond acceptors (Lipinski definition) is 1. The van der Waals surface area contributed by atoms with E-state index in [9.17, 15) is 0 Å². The Morgan fingerprint density at radius 2 is 0.938 bits per heavy atom. The minimum atomic E-state index is -1.95. The van der Waals surface area contributed by atoms with Crippen LogP contribution in [0.1, 0.15) is 22.3 Å². The van der Waals surface area contributed by atoms with Gasteiger partial charge in [-0.25, -0.2) is 0 Å². The SMILES string of the molecule is COc1ccc(C[P+](c2ccccc2C)(c2ccccc2C)c2ccccc2C)cc1.[I-]. The molecule has 4 aromatic rings. The predicted molar refractivity (Wildman–Crippen MR) is 136 cm³/mol. The summed E-state index contributed by atoms with van der Waals surface area (Å²) in [5.41, 5.74) is 5.41. The van der Waals surface area contributed by atoms with Crippen LogP contribution in [0.5, 0.6) is 5.75 Å². The Morgan fingerprint density at radius 1 is 0.562 bits per heavy atom. The molecule has 4 rings (SSSR count).